The molecule has 0 aliphatic carbocycles. The first-order valence-corrected chi connectivity index (χ1v) is 4.72. The fourth-order valence-electron chi connectivity index (χ4n) is 1.12. The number of amides is 1. The molecule has 0 rings (SSSR count). The lowest BCUT2D eigenvalue weighted by Crippen LogP contribution is -2.38. The zero-order valence-electron chi connectivity index (χ0n) is 9.42. The monoisotopic (exact) mass is 186 g/mol. The summed E-state index contributed by atoms with van der Waals surface area (Å²) in [6.45, 7) is 8.72. The van der Waals surface area contributed by atoms with Crippen molar-refractivity contribution in [1.82, 2.24) is 4.90 Å². The molecule has 0 aromatic rings. The normalized spacial score (nSPS) is 14.0. The van der Waals surface area contributed by atoms with Gasteiger partial charge in [0, 0.05) is 26.1 Å². The third-order valence-electron chi connectivity index (χ3n) is 1.67. The Balaban J connectivity index is 3.97. The number of likely N-dealkylation sites (N-methyl/N-ethyl adjacent to an activating group) is 1. The zero-order valence-corrected chi connectivity index (χ0v) is 9.42. The van der Waals surface area contributed by atoms with Crippen molar-refractivity contribution in [2.24, 2.45) is 11.1 Å². The molecule has 1 atom stereocenters. The SMILES string of the molecule is CC(N)CN(C)C(=O)CC(C)(C)C. The lowest BCUT2D eigenvalue weighted by molar-refractivity contribution is -0.131. The summed E-state index contributed by atoms with van der Waals surface area (Å²) in [5, 5.41) is 0. The minimum Gasteiger partial charge on any atom is -0.344 e. The Bertz CT molecular complexity index is 170. The minimum atomic E-state index is 0.0499. The van der Waals surface area contributed by atoms with Crippen LogP contribution in [0.4, 0.5) is 0 Å². The van der Waals surface area contributed by atoms with E-state index in [1.165, 1.54) is 0 Å². The summed E-state index contributed by atoms with van der Waals surface area (Å²) in [5.41, 5.74) is 5.66. The average Bonchev–Trinajstić information content (AvgIpc) is 1.81. The van der Waals surface area contributed by atoms with E-state index in [-0.39, 0.29) is 17.4 Å². The van der Waals surface area contributed by atoms with Crippen LogP contribution >= 0.6 is 0 Å². The quantitative estimate of drug-likeness (QED) is 0.720. The van der Waals surface area contributed by atoms with E-state index < -0.39 is 0 Å². The van der Waals surface area contributed by atoms with Crippen molar-refractivity contribution in [3.63, 3.8) is 0 Å². The van der Waals surface area contributed by atoms with E-state index in [0.29, 0.717) is 13.0 Å². The second-order valence-electron chi connectivity index (χ2n) is 4.99. The van der Waals surface area contributed by atoms with Crippen molar-refractivity contribution in [3.8, 4) is 0 Å². The molecule has 0 spiro atoms. The van der Waals surface area contributed by atoms with Crippen molar-refractivity contribution in [1.29, 1.82) is 0 Å². The molecule has 3 heteroatoms. The second kappa shape index (κ2) is 4.61. The number of hydrogen-bond acceptors (Lipinski definition) is 2. The van der Waals surface area contributed by atoms with Gasteiger partial charge in [0.2, 0.25) is 5.91 Å². The van der Waals surface area contributed by atoms with Gasteiger partial charge in [0.05, 0.1) is 0 Å². The highest BCUT2D eigenvalue weighted by molar-refractivity contribution is 5.76. The summed E-state index contributed by atoms with van der Waals surface area (Å²) in [7, 11) is 1.80. The maximum absolute atomic E-state index is 11.6. The molecule has 13 heavy (non-hydrogen) atoms. The molecule has 78 valence electrons. The fraction of sp³-hybridized carbons (Fsp3) is 0.900. The van der Waals surface area contributed by atoms with E-state index in [1.807, 2.05) is 6.92 Å². The van der Waals surface area contributed by atoms with Gasteiger partial charge in [0.1, 0.15) is 0 Å². The van der Waals surface area contributed by atoms with Gasteiger partial charge in [-0.05, 0) is 12.3 Å². The van der Waals surface area contributed by atoms with Crippen molar-refractivity contribution in [3.05, 3.63) is 0 Å². The molecule has 1 unspecified atom stereocenters. The molecule has 0 saturated carbocycles. The number of nitrogens with zero attached hydrogens (tertiary/aromatic N) is 1. The summed E-state index contributed by atoms with van der Waals surface area (Å²) in [6, 6.07) is 0.0499. The Hall–Kier alpha value is -0.570. The first-order chi connectivity index (χ1) is 5.72. The Morgan fingerprint density at radius 2 is 1.92 bits per heavy atom. The van der Waals surface area contributed by atoms with Crippen molar-refractivity contribution in [2.45, 2.75) is 40.2 Å². The van der Waals surface area contributed by atoms with Gasteiger partial charge >= 0.3 is 0 Å². The smallest absolute Gasteiger partial charge is 0.222 e. The summed E-state index contributed by atoms with van der Waals surface area (Å²) in [5.74, 6) is 0.171. The largest absolute Gasteiger partial charge is 0.344 e. The molecule has 0 aromatic heterocycles. The van der Waals surface area contributed by atoms with Gasteiger partial charge in [-0.3, -0.25) is 4.79 Å². The van der Waals surface area contributed by atoms with E-state index in [1.54, 1.807) is 11.9 Å². The lowest BCUT2D eigenvalue weighted by Gasteiger charge is -2.24. The number of hydrogen-bond donors (Lipinski definition) is 1. The summed E-state index contributed by atoms with van der Waals surface area (Å²) in [4.78, 5) is 13.3. The van der Waals surface area contributed by atoms with Crippen molar-refractivity contribution in [2.75, 3.05) is 13.6 Å². The van der Waals surface area contributed by atoms with Crippen LogP contribution in [0.15, 0.2) is 0 Å². The predicted octanol–water partition coefficient (Wildman–Crippen LogP) is 1.23. The van der Waals surface area contributed by atoms with Crippen LogP contribution in [0.3, 0.4) is 0 Å². The highest BCUT2D eigenvalue weighted by atomic mass is 16.2. The van der Waals surface area contributed by atoms with Crippen LogP contribution in [0.5, 0.6) is 0 Å². The Morgan fingerprint density at radius 3 is 2.23 bits per heavy atom. The van der Waals surface area contributed by atoms with E-state index in [2.05, 4.69) is 20.8 Å². The lowest BCUT2D eigenvalue weighted by atomic mass is 9.91. The highest BCUT2D eigenvalue weighted by Crippen LogP contribution is 2.19. The van der Waals surface area contributed by atoms with E-state index >= 15 is 0 Å². The molecule has 1 amide bonds. The molecule has 0 saturated heterocycles. The molecule has 0 aromatic carbocycles. The molecule has 0 heterocycles. The Labute approximate surface area is 81.3 Å². The minimum absolute atomic E-state index is 0.0499. The summed E-state index contributed by atoms with van der Waals surface area (Å²) in [6.07, 6.45) is 0.580. The van der Waals surface area contributed by atoms with E-state index in [0.717, 1.165) is 0 Å². The molecule has 0 fully saturated rings. The number of carbonyl (C=O) groups is 1. The standard InChI is InChI=1S/C10H22N2O/c1-8(11)7-12(5)9(13)6-10(2,3)4/h8H,6-7,11H2,1-5H3. The molecular formula is C10H22N2O. The number of rotatable bonds is 3. The predicted molar refractivity (Wildman–Crippen MR) is 55.4 cm³/mol. The molecule has 0 aliphatic rings. The van der Waals surface area contributed by atoms with Gasteiger partial charge in [0.15, 0.2) is 0 Å². The van der Waals surface area contributed by atoms with Crippen LogP contribution in [0, 0.1) is 5.41 Å². The van der Waals surface area contributed by atoms with Crippen LogP contribution in [0.1, 0.15) is 34.1 Å². The highest BCUT2D eigenvalue weighted by Gasteiger charge is 2.19. The van der Waals surface area contributed by atoms with Gasteiger partial charge in [-0.25, -0.2) is 0 Å². The van der Waals surface area contributed by atoms with Crippen LogP contribution in [-0.4, -0.2) is 30.4 Å². The Kier molecular flexibility index (Phi) is 4.40. The topological polar surface area (TPSA) is 46.3 Å². The first-order valence-electron chi connectivity index (χ1n) is 4.72. The van der Waals surface area contributed by atoms with Crippen LogP contribution in [0.25, 0.3) is 0 Å². The van der Waals surface area contributed by atoms with Crippen LogP contribution in [0.2, 0.25) is 0 Å². The van der Waals surface area contributed by atoms with Crippen molar-refractivity contribution < 1.29 is 4.79 Å². The molecule has 3 nitrogen and oxygen atoms in total. The maximum atomic E-state index is 11.6. The second-order valence-corrected chi connectivity index (χ2v) is 4.99. The van der Waals surface area contributed by atoms with Crippen molar-refractivity contribution >= 4 is 5.91 Å². The van der Waals surface area contributed by atoms with Gasteiger partial charge in [-0.15, -0.1) is 0 Å². The molecule has 0 radical (unpaired) electrons. The first kappa shape index (κ1) is 12.4. The molecule has 0 aliphatic heterocycles. The molecular weight excluding hydrogens is 164 g/mol. The van der Waals surface area contributed by atoms with Gasteiger partial charge in [-0.1, -0.05) is 20.8 Å². The molecule has 2 N–H and O–H groups in total. The fourth-order valence-corrected chi connectivity index (χ4v) is 1.12. The van der Waals surface area contributed by atoms with Gasteiger partial charge < -0.3 is 10.6 Å². The van der Waals surface area contributed by atoms with Crippen LogP contribution < -0.4 is 5.73 Å². The van der Waals surface area contributed by atoms with Gasteiger partial charge in [-0.2, -0.15) is 0 Å². The van der Waals surface area contributed by atoms with Gasteiger partial charge in [0.25, 0.3) is 0 Å². The summed E-state index contributed by atoms with van der Waals surface area (Å²) >= 11 is 0. The number of nitrogens with two attached hydrogens (primary N) is 1. The molecule has 0 bridgehead atoms. The van der Waals surface area contributed by atoms with Crippen LogP contribution in [-0.2, 0) is 4.79 Å². The van der Waals surface area contributed by atoms with E-state index in [4.69, 9.17) is 5.73 Å². The third-order valence-corrected chi connectivity index (χ3v) is 1.67. The zero-order chi connectivity index (χ0) is 10.6. The maximum Gasteiger partial charge on any atom is 0.222 e. The number of carbonyl (C=O) groups excluding carboxylic acids is 1. The average molecular weight is 186 g/mol. The summed E-state index contributed by atoms with van der Waals surface area (Å²) < 4.78 is 0. The third kappa shape index (κ3) is 6.58. The Morgan fingerprint density at radius 1 is 1.46 bits per heavy atom. The van der Waals surface area contributed by atoms with E-state index in [9.17, 15) is 4.79 Å².